The first kappa shape index (κ1) is 17.0. The lowest BCUT2D eigenvalue weighted by Gasteiger charge is -2.08. The summed E-state index contributed by atoms with van der Waals surface area (Å²) >= 11 is 5.86. The minimum atomic E-state index is -0.341. The number of aromatic amines is 1. The number of hydrogen-bond acceptors (Lipinski definition) is 5. The summed E-state index contributed by atoms with van der Waals surface area (Å²) in [6.45, 7) is 1.77. The normalized spacial score (nSPS) is 11.1. The van der Waals surface area contributed by atoms with Crippen LogP contribution in [0.1, 0.15) is 16.1 Å². The number of amides is 1. The van der Waals surface area contributed by atoms with Crippen LogP contribution in [0.5, 0.6) is 0 Å². The summed E-state index contributed by atoms with van der Waals surface area (Å²) in [7, 11) is 1.69. The van der Waals surface area contributed by atoms with Gasteiger partial charge in [-0.25, -0.2) is 0 Å². The van der Waals surface area contributed by atoms with Crippen LogP contribution in [0.4, 0.5) is 5.82 Å². The molecule has 10 heteroatoms. The first-order chi connectivity index (χ1) is 12.9. The molecule has 0 atom stereocenters. The van der Waals surface area contributed by atoms with Gasteiger partial charge >= 0.3 is 0 Å². The van der Waals surface area contributed by atoms with Crippen molar-refractivity contribution in [3.8, 4) is 5.95 Å². The van der Waals surface area contributed by atoms with Crippen molar-refractivity contribution in [1.82, 2.24) is 29.5 Å². The molecule has 2 N–H and O–H groups in total. The molecule has 0 radical (unpaired) electrons. The Morgan fingerprint density at radius 1 is 1.26 bits per heavy atom. The molecule has 0 saturated carbocycles. The highest BCUT2D eigenvalue weighted by molar-refractivity contribution is 6.30. The lowest BCUT2D eigenvalue weighted by Crippen LogP contribution is -2.19. The summed E-state index contributed by atoms with van der Waals surface area (Å²) in [6.07, 6.45) is 1.45. The zero-order valence-corrected chi connectivity index (χ0v) is 15.2. The highest BCUT2D eigenvalue weighted by atomic mass is 35.5. The molecule has 4 aromatic rings. The third-order valence-corrected chi connectivity index (χ3v) is 4.22. The molecule has 0 fully saturated rings. The van der Waals surface area contributed by atoms with Crippen LogP contribution in [0.2, 0.25) is 5.02 Å². The van der Waals surface area contributed by atoms with Gasteiger partial charge in [0.1, 0.15) is 11.2 Å². The summed E-state index contributed by atoms with van der Waals surface area (Å²) in [4.78, 5) is 31.9. The predicted octanol–water partition coefficient (Wildman–Crippen LogP) is 2.06. The van der Waals surface area contributed by atoms with Gasteiger partial charge in [0.05, 0.1) is 11.9 Å². The highest BCUT2D eigenvalue weighted by Crippen LogP contribution is 2.17. The standard InChI is InChI=1S/C17H14ClN7O2/c1-9-7-13(20-15(26)10-3-5-11(18)6-4-10)25(23-9)17-21-14-12(16(27)22-17)8-19-24(14)2/h3-8H,1-2H3,(H,20,26)(H,21,22,27). The van der Waals surface area contributed by atoms with Crippen molar-refractivity contribution in [2.24, 2.45) is 7.05 Å². The molecule has 0 saturated heterocycles. The summed E-state index contributed by atoms with van der Waals surface area (Å²) in [5, 5.41) is 12.0. The molecule has 136 valence electrons. The second kappa shape index (κ2) is 6.36. The maximum absolute atomic E-state index is 12.5. The van der Waals surface area contributed by atoms with Gasteiger partial charge in [-0.3, -0.25) is 19.3 Å². The third-order valence-electron chi connectivity index (χ3n) is 3.97. The number of anilines is 1. The zero-order valence-electron chi connectivity index (χ0n) is 14.4. The van der Waals surface area contributed by atoms with Crippen molar-refractivity contribution in [1.29, 1.82) is 0 Å². The van der Waals surface area contributed by atoms with Crippen molar-refractivity contribution in [2.75, 3.05) is 5.32 Å². The summed E-state index contributed by atoms with van der Waals surface area (Å²) < 4.78 is 2.87. The predicted molar refractivity (Wildman–Crippen MR) is 100 cm³/mol. The Balaban J connectivity index is 1.75. The van der Waals surface area contributed by atoms with Crippen LogP contribution in [-0.2, 0) is 7.05 Å². The number of aryl methyl sites for hydroxylation is 2. The van der Waals surface area contributed by atoms with Gasteiger partial charge in [-0.15, -0.1) is 0 Å². The van der Waals surface area contributed by atoms with E-state index in [1.165, 1.54) is 15.6 Å². The molecule has 0 aliphatic carbocycles. The van der Waals surface area contributed by atoms with Crippen LogP contribution < -0.4 is 10.9 Å². The summed E-state index contributed by atoms with van der Waals surface area (Å²) in [5.74, 6) is 0.212. The number of aromatic nitrogens is 6. The molecule has 4 rings (SSSR count). The number of nitrogens with zero attached hydrogens (tertiary/aromatic N) is 5. The van der Waals surface area contributed by atoms with Crippen molar-refractivity contribution in [3.63, 3.8) is 0 Å². The van der Waals surface area contributed by atoms with Crippen LogP contribution in [0.25, 0.3) is 17.0 Å². The molecular formula is C17H14ClN7O2. The highest BCUT2D eigenvalue weighted by Gasteiger charge is 2.16. The molecule has 9 nitrogen and oxygen atoms in total. The summed E-state index contributed by atoms with van der Waals surface area (Å²) in [6, 6.07) is 8.18. The number of rotatable bonds is 3. The van der Waals surface area contributed by atoms with E-state index in [-0.39, 0.29) is 17.4 Å². The van der Waals surface area contributed by atoms with E-state index >= 15 is 0 Å². The topological polar surface area (TPSA) is 110 Å². The van der Waals surface area contributed by atoms with Gasteiger partial charge in [-0.2, -0.15) is 19.9 Å². The number of benzene rings is 1. The Labute approximate surface area is 157 Å². The minimum Gasteiger partial charge on any atom is -0.306 e. The molecular weight excluding hydrogens is 370 g/mol. The lowest BCUT2D eigenvalue weighted by atomic mass is 10.2. The monoisotopic (exact) mass is 383 g/mol. The van der Waals surface area contributed by atoms with E-state index in [1.807, 2.05) is 0 Å². The van der Waals surface area contributed by atoms with Gasteiger partial charge in [0.2, 0.25) is 5.95 Å². The van der Waals surface area contributed by atoms with Crippen LogP contribution >= 0.6 is 11.6 Å². The number of fused-ring (bicyclic) bond motifs is 1. The van der Waals surface area contributed by atoms with Crippen LogP contribution in [-0.4, -0.2) is 35.4 Å². The molecule has 0 bridgehead atoms. The smallest absolute Gasteiger partial charge is 0.263 e. The van der Waals surface area contributed by atoms with Gasteiger partial charge < -0.3 is 5.32 Å². The maximum atomic E-state index is 12.5. The Bertz CT molecular complexity index is 1220. The van der Waals surface area contributed by atoms with Crippen molar-refractivity contribution in [2.45, 2.75) is 6.92 Å². The fourth-order valence-corrected chi connectivity index (χ4v) is 2.79. The third kappa shape index (κ3) is 3.08. The van der Waals surface area contributed by atoms with Crippen molar-refractivity contribution in [3.05, 3.63) is 63.2 Å². The van der Waals surface area contributed by atoms with Crippen LogP contribution in [0.3, 0.4) is 0 Å². The quantitative estimate of drug-likeness (QED) is 0.562. The Kier molecular flexibility index (Phi) is 4.00. The average Bonchev–Trinajstić information content (AvgIpc) is 3.18. The van der Waals surface area contributed by atoms with Crippen LogP contribution in [0.15, 0.2) is 41.3 Å². The largest absolute Gasteiger partial charge is 0.306 e. The molecule has 3 aromatic heterocycles. The first-order valence-corrected chi connectivity index (χ1v) is 8.36. The van der Waals surface area contributed by atoms with Crippen molar-refractivity contribution < 1.29 is 4.79 Å². The fraction of sp³-hybridized carbons (Fsp3) is 0.118. The number of nitrogens with one attached hydrogen (secondary N) is 2. The molecule has 1 amide bonds. The Morgan fingerprint density at radius 2 is 2.00 bits per heavy atom. The van der Waals surface area contributed by atoms with Gasteiger partial charge in [-0.05, 0) is 31.2 Å². The molecule has 0 aliphatic rings. The first-order valence-electron chi connectivity index (χ1n) is 7.98. The van der Waals surface area contributed by atoms with Crippen LogP contribution in [0, 0.1) is 6.92 Å². The zero-order chi connectivity index (χ0) is 19.1. The van der Waals surface area contributed by atoms with Crippen molar-refractivity contribution >= 4 is 34.4 Å². The van der Waals surface area contributed by atoms with E-state index in [9.17, 15) is 9.59 Å². The van der Waals surface area contributed by atoms with E-state index in [4.69, 9.17) is 11.6 Å². The maximum Gasteiger partial charge on any atom is 0.263 e. The van der Waals surface area contributed by atoms with E-state index in [0.717, 1.165) is 0 Å². The fourth-order valence-electron chi connectivity index (χ4n) is 2.66. The Hall–Kier alpha value is -3.46. The second-order valence-electron chi connectivity index (χ2n) is 5.94. The Morgan fingerprint density at radius 3 is 2.74 bits per heavy atom. The number of carbonyl (C=O) groups excluding carboxylic acids is 1. The molecule has 3 heterocycles. The van der Waals surface area contributed by atoms with Gasteiger partial charge in [0.15, 0.2) is 5.65 Å². The van der Waals surface area contributed by atoms with E-state index in [0.29, 0.717) is 33.1 Å². The molecule has 0 spiro atoms. The molecule has 1 aromatic carbocycles. The minimum absolute atomic E-state index is 0.176. The number of H-pyrrole nitrogens is 1. The SMILES string of the molecule is Cc1cc(NC(=O)c2ccc(Cl)cc2)n(-c2nc3c(cnn3C)c(=O)[nH]2)n1. The number of hydrogen-bond donors (Lipinski definition) is 2. The lowest BCUT2D eigenvalue weighted by molar-refractivity contribution is 0.102. The molecule has 0 aliphatic heterocycles. The molecule has 0 unspecified atom stereocenters. The van der Waals surface area contributed by atoms with E-state index in [1.54, 1.807) is 44.3 Å². The number of halogens is 1. The van der Waals surface area contributed by atoms with E-state index < -0.39 is 0 Å². The molecule has 27 heavy (non-hydrogen) atoms. The number of carbonyl (C=O) groups is 1. The second-order valence-corrected chi connectivity index (χ2v) is 6.38. The summed E-state index contributed by atoms with van der Waals surface area (Å²) in [5.41, 5.74) is 1.16. The van der Waals surface area contributed by atoms with Gasteiger partial charge in [0, 0.05) is 23.7 Å². The average molecular weight is 384 g/mol. The van der Waals surface area contributed by atoms with Gasteiger partial charge in [0.25, 0.3) is 11.5 Å². The van der Waals surface area contributed by atoms with E-state index in [2.05, 4.69) is 25.5 Å². The van der Waals surface area contributed by atoms with Gasteiger partial charge in [-0.1, -0.05) is 11.6 Å².